The van der Waals surface area contributed by atoms with Crippen LogP contribution in [0, 0.1) is 17.6 Å². The lowest BCUT2D eigenvalue weighted by atomic mass is 9.96. The number of rotatable bonds is 5. The summed E-state index contributed by atoms with van der Waals surface area (Å²) in [4.78, 5) is 14.3. The van der Waals surface area contributed by atoms with Gasteiger partial charge in [-0.05, 0) is 61.7 Å². The quantitative estimate of drug-likeness (QED) is 0.776. The Balaban J connectivity index is 1.38. The van der Waals surface area contributed by atoms with E-state index in [4.69, 9.17) is 11.6 Å². The van der Waals surface area contributed by atoms with Crippen molar-refractivity contribution in [2.75, 3.05) is 25.0 Å². The number of halogens is 3. The number of likely N-dealkylation sites (tertiary alicyclic amines) is 1. The normalized spacial score (nSPS) is 15.5. The number of urea groups is 1. The number of benzene rings is 2. The van der Waals surface area contributed by atoms with Crippen LogP contribution in [-0.2, 0) is 6.54 Å². The average molecular weight is 394 g/mol. The molecule has 4 nitrogen and oxygen atoms in total. The summed E-state index contributed by atoms with van der Waals surface area (Å²) in [7, 11) is 0. The highest BCUT2D eigenvalue weighted by Gasteiger charge is 2.20. The lowest BCUT2D eigenvalue weighted by Gasteiger charge is -2.32. The van der Waals surface area contributed by atoms with Gasteiger partial charge in [-0.2, -0.15) is 0 Å². The molecule has 0 saturated carbocycles. The summed E-state index contributed by atoms with van der Waals surface area (Å²) in [5, 5.41) is 5.92. The monoisotopic (exact) mass is 393 g/mol. The first kappa shape index (κ1) is 19.6. The third-order valence-electron chi connectivity index (χ3n) is 4.76. The van der Waals surface area contributed by atoms with Crippen LogP contribution < -0.4 is 10.6 Å². The minimum atomic E-state index is -0.791. The van der Waals surface area contributed by atoms with Gasteiger partial charge in [0.25, 0.3) is 0 Å². The molecule has 2 amide bonds. The van der Waals surface area contributed by atoms with Gasteiger partial charge >= 0.3 is 6.03 Å². The highest BCUT2D eigenvalue weighted by molar-refractivity contribution is 6.30. The molecule has 0 aromatic heterocycles. The number of carbonyl (C=O) groups excluding carboxylic acids is 1. The van der Waals surface area contributed by atoms with Crippen molar-refractivity contribution < 1.29 is 13.6 Å². The number of anilines is 1. The number of hydrogen-bond donors (Lipinski definition) is 2. The number of nitrogens with one attached hydrogen (secondary N) is 2. The SMILES string of the molecule is O=C(NCC1CCN(Cc2ccc(Cl)cc2)CC1)Nc1ccc(F)cc1F. The number of carbonyl (C=O) groups is 1. The molecule has 1 heterocycles. The molecule has 3 rings (SSSR count). The molecule has 7 heteroatoms. The first-order chi connectivity index (χ1) is 13.0. The van der Waals surface area contributed by atoms with Crippen LogP contribution in [0.4, 0.5) is 19.3 Å². The van der Waals surface area contributed by atoms with Crippen molar-refractivity contribution in [2.45, 2.75) is 19.4 Å². The maximum atomic E-state index is 13.6. The van der Waals surface area contributed by atoms with E-state index in [9.17, 15) is 13.6 Å². The number of nitrogens with zero attached hydrogens (tertiary/aromatic N) is 1. The van der Waals surface area contributed by atoms with E-state index in [0.717, 1.165) is 49.6 Å². The second-order valence-electron chi connectivity index (χ2n) is 6.81. The van der Waals surface area contributed by atoms with Crippen molar-refractivity contribution in [3.8, 4) is 0 Å². The fourth-order valence-electron chi connectivity index (χ4n) is 3.19. The second kappa shape index (κ2) is 9.15. The number of piperidine rings is 1. The largest absolute Gasteiger partial charge is 0.338 e. The summed E-state index contributed by atoms with van der Waals surface area (Å²) in [6, 6.07) is 10.4. The predicted molar refractivity (Wildman–Crippen MR) is 103 cm³/mol. The molecule has 0 radical (unpaired) electrons. The van der Waals surface area contributed by atoms with E-state index in [1.165, 1.54) is 11.6 Å². The van der Waals surface area contributed by atoms with Crippen LogP contribution in [0.1, 0.15) is 18.4 Å². The summed E-state index contributed by atoms with van der Waals surface area (Å²) in [6.07, 6.45) is 1.97. The Morgan fingerprint density at radius 3 is 2.48 bits per heavy atom. The summed E-state index contributed by atoms with van der Waals surface area (Å²) in [5.41, 5.74) is 1.20. The predicted octanol–water partition coefficient (Wildman–Crippen LogP) is 4.65. The van der Waals surface area contributed by atoms with Gasteiger partial charge in [-0.15, -0.1) is 0 Å². The Labute approximate surface area is 162 Å². The summed E-state index contributed by atoms with van der Waals surface area (Å²) < 4.78 is 26.4. The Kier molecular flexibility index (Phi) is 6.63. The Bertz CT molecular complexity index is 777. The van der Waals surface area contributed by atoms with Crippen LogP contribution in [-0.4, -0.2) is 30.6 Å². The summed E-state index contributed by atoms with van der Waals surface area (Å²) in [5.74, 6) is -1.08. The molecule has 0 aliphatic carbocycles. The smallest absolute Gasteiger partial charge is 0.319 e. The third-order valence-corrected chi connectivity index (χ3v) is 5.01. The van der Waals surface area contributed by atoms with Crippen LogP contribution in [0.3, 0.4) is 0 Å². The van der Waals surface area contributed by atoms with Crippen molar-refractivity contribution in [1.29, 1.82) is 0 Å². The molecule has 0 unspecified atom stereocenters. The van der Waals surface area contributed by atoms with Crippen LogP contribution in [0.25, 0.3) is 0 Å². The fraction of sp³-hybridized carbons (Fsp3) is 0.350. The van der Waals surface area contributed by atoms with Gasteiger partial charge < -0.3 is 10.6 Å². The lowest BCUT2D eigenvalue weighted by molar-refractivity contribution is 0.175. The zero-order valence-electron chi connectivity index (χ0n) is 14.9. The molecular weight excluding hydrogens is 372 g/mol. The zero-order valence-corrected chi connectivity index (χ0v) is 15.6. The fourth-order valence-corrected chi connectivity index (χ4v) is 3.32. The van der Waals surface area contributed by atoms with Gasteiger partial charge in [0.15, 0.2) is 0 Å². The summed E-state index contributed by atoms with van der Waals surface area (Å²) >= 11 is 5.91. The highest BCUT2D eigenvalue weighted by atomic mass is 35.5. The molecule has 0 spiro atoms. The molecule has 27 heavy (non-hydrogen) atoms. The Hall–Kier alpha value is -2.18. The zero-order chi connectivity index (χ0) is 19.2. The second-order valence-corrected chi connectivity index (χ2v) is 7.24. The summed E-state index contributed by atoms with van der Waals surface area (Å²) in [6.45, 7) is 3.34. The van der Waals surface area contributed by atoms with E-state index in [-0.39, 0.29) is 5.69 Å². The molecule has 144 valence electrons. The van der Waals surface area contributed by atoms with Gasteiger partial charge in [0.2, 0.25) is 0 Å². The maximum Gasteiger partial charge on any atom is 0.319 e. The third kappa shape index (κ3) is 5.91. The first-order valence-corrected chi connectivity index (χ1v) is 9.34. The first-order valence-electron chi connectivity index (χ1n) is 8.96. The molecular formula is C20H22ClF2N3O. The van der Waals surface area contributed by atoms with Crippen molar-refractivity contribution in [1.82, 2.24) is 10.2 Å². The van der Waals surface area contributed by atoms with Crippen LogP contribution >= 0.6 is 11.6 Å². The molecule has 1 fully saturated rings. The maximum absolute atomic E-state index is 13.6. The van der Waals surface area contributed by atoms with E-state index < -0.39 is 17.7 Å². The number of hydrogen-bond acceptors (Lipinski definition) is 2. The van der Waals surface area contributed by atoms with Gasteiger partial charge in [-0.3, -0.25) is 4.90 Å². The molecule has 1 aliphatic rings. The van der Waals surface area contributed by atoms with Crippen molar-refractivity contribution in [3.63, 3.8) is 0 Å². The Morgan fingerprint density at radius 2 is 1.81 bits per heavy atom. The van der Waals surface area contributed by atoms with Crippen LogP contribution in [0.2, 0.25) is 5.02 Å². The molecule has 0 bridgehead atoms. The molecule has 1 aliphatic heterocycles. The van der Waals surface area contributed by atoms with Gasteiger partial charge in [-0.1, -0.05) is 23.7 Å². The highest BCUT2D eigenvalue weighted by Crippen LogP contribution is 2.20. The van der Waals surface area contributed by atoms with Crippen LogP contribution in [0.5, 0.6) is 0 Å². The Morgan fingerprint density at radius 1 is 1.11 bits per heavy atom. The molecule has 1 saturated heterocycles. The van der Waals surface area contributed by atoms with E-state index >= 15 is 0 Å². The average Bonchev–Trinajstić information content (AvgIpc) is 2.65. The molecule has 0 atom stereocenters. The van der Waals surface area contributed by atoms with E-state index in [1.54, 1.807) is 0 Å². The van der Waals surface area contributed by atoms with Crippen molar-refractivity contribution in [3.05, 3.63) is 64.7 Å². The number of amides is 2. The van der Waals surface area contributed by atoms with E-state index in [2.05, 4.69) is 15.5 Å². The van der Waals surface area contributed by atoms with Gasteiger partial charge in [0.05, 0.1) is 5.69 Å². The molecule has 2 aromatic rings. The van der Waals surface area contributed by atoms with E-state index in [1.807, 2.05) is 24.3 Å². The van der Waals surface area contributed by atoms with Gasteiger partial charge in [0.1, 0.15) is 11.6 Å². The van der Waals surface area contributed by atoms with E-state index in [0.29, 0.717) is 12.5 Å². The minimum Gasteiger partial charge on any atom is -0.338 e. The minimum absolute atomic E-state index is 0.0355. The van der Waals surface area contributed by atoms with Gasteiger partial charge in [0, 0.05) is 24.2 Å². The van der Waals surface area contributed by atoms with Crippen LogP contribution in [0.15, 0.2) is 42.5 Å². The van der Waals surface area contributed by atoms with Gasteiger partial charge in [-0.25, -0.2) is 13.6 Å². The standard InChI is InChI=1S/C20H22ClF2N3O/c21-16-3-1-15(2-4-16)13-26-9-7-14(8-10-26)12-24-20(27)25-19-6-5-17(22)11-18(19)23/h1-6,11,14H,7-10,12-13H2,(H2,24,25,27). The molecule has 2 aromatic carbocycles. The van der Waals surface area contributed by atoms with Crippen molar-refractivity contribution in [2.24, 2.45) is 5.92 Å². The van der Waals surface area contributed by atoms with Crippen molar-refractivity contribution >= 4 is 23.3 Å². The molecule has 2 N–H and O–H groups in total. The lowest BCUT2D eigenvalue weighted by Crippen LogP contribution is -2.39. The topological polar surface area (TPSA) is 44.4 Å².